The molecule has 3 saturated heterocycles. The average Bonchev–Trinajstić information content (AvgIpc) is 2.68. The summed E-state index contributed by atoms with van der Waals surface area (Å²) < 4.78 is 0. The maximum atomic E-state index is 12.8. The molecule has 2 bridgehead atoms. The second-order valence-corrected chi connectivity index (χ2v) is 7.93. The molecule has 1 aliphatic carbocycles. The smallest absolute Gasteiger partial charge is 0.253 e. The molecule has 3 heterocycles. The monoisotopic (exact) mass is 312 g/mol. The van der Waals surface area contributed by atoms with E-state index in [0.29, 0.717) is 11.1 Å². The van der Waals surface area contributed by atoms with Crippen molar-refractivity contribution in [3.63, 3.8) is 0 Å². The number of amides is 1. The summed E-state index contributed by atoms with van der Waals surface area (Å²) in [4.78, 5) is 14.9. The van der Waals surface area contributed by atoms with E-state index in [-0.39, 0.29) is 5.91 Å². The molecule has 1 aromatic carbocycles. The van der Waals surface area contributed by atoms with Crippen LogP contribution in [0.1, 0.15) is 68.1 Å². The van der Waals surface area contributed by atoms with Gasteiger partial charge in [-0.05, 0) is 44.2 Å². The van der Waals surface area contributed by atoms with Crippen LogP contribution in [0.4, 0.5) is 0 Å². The number of fused-ring (bicyclic) bond motifs is 4. The lowest BCUT2D eigenvalue weighted by atomic mass is 9.64. The number of nitrogens with one attached hydrogen (secondary N) is 1. The van der Waals surface area contributed by atoms with Gasteiger partial charge in [0, 0.05) is 29.7 Å². The predicted molar refractivity (Wildman–Crippen MR) is 92.5 cm³/mol. The van der Waals surface area contributed by atoms with Crippen molar-refractivity contribution in [3.05, 3.63) is 35.9 Å². The SMILES string of the molecule is O=C(c1ccccc1)N1CCC23CCCCCCC(CC1)(C2)N3. The molecule has 2 unspecified atom stereocenters. The topological polar surface area (TPSA) is 32.3 Å². The molecule has 2 atom stereocenters. The Morgan fingerprint density at radius 1 is 0.870 bits per heavy atom. The van der Waals surface area contributed by atoms with Crippen molar-refractivity contribution in [2.45, 2.75) is 68.9 Å². The number of rotatable bonds is 1. The van der Waals surface area contributed by atoms with E-state index in [4.69, 9.17) is 0 Å². The number of carbonyl (C=O) groups excluding carboxylic acids is 1. The van der Waals surface area contributed by atoms with Gasteiger partial charge in [-0.3, -0.25) is 4.79 Å². The first kappa shape index (κ1) is 15.2. The fourth-order valence-corrected chi connectivity index (χ4v) is 5.10. The third-order valence-corrected chi connectivity index (χ3v) is 6.30. The van der Waals surface area contributed by atoms with E-state index in [1.165, 1.54) is 44.9 Å². The number of benzene rings is 1. The van der Waals surface area contributed by atoms with Crippen LogP contribution in [0.5, 0.6) is 0 Å². The molecule has 4 aliphatic rings. The summed E-state index contributed by atoms with van der Waals surface area (Å²) >= 11 is 0. The van der Waals surface area contributed by atoms with Crippen LogP contribution in [-0.2, 0) is 0 Å². The summed E-state index contributed by atoms with van der Waals surface area (Å²) in [5.41, 5.74) is 1.47. The number of hydrogen-bond donors (Lipinski definition) is 1. The lowest BCUT2D eigenvalue weighted by Crippen LogP contribution is -2.74. The Hall–Kier alpha value is -1.35. The van der Waals surface area contributed by atoms with Gasteiger partial charge in [0.2, 0.25) is 0 Å². The predicted octanol–water partition coefficient (Wildman–Crippen LogP) is 3.75. The Balaban J connectivity index is 1.52. The second kappa shape index (κ2) is 5.94. The zero-order chi connectivity index (χ0) is 15.8. The van der Waals surface area contributed by atoms with E-state index in [1.807, 2.05) is 30.3 Å². The van der Waals surface area contributed by atoms with Gasteiger partial charge in [-0.1, -0.05) is 43.9 Å². The van der Waals surface area contributed by atoms with Gasteiger partial charge in [0.15, 0.2) is 0 Å². The van der Waals surface area contributed by atoms with E-state index >= 15 is 0 Å². The maximum Gasteiger partial charge on any atom is 0.253 e. The highest BCUT2D eigenvalue weighted by molar-refractivity contribution is 5.94. The highest BCUT2D eigenvalue weighted by Crippen LogP contribution is 2.47. The first-order chi connectivity index (χ1) is 11.2. The molecule has 0 spiro atoms. The number of nitrogens with zero attached hydrogens (tertiary/aromatic N) is 1. The van der Waals surface area contributed by atoms with Gasteiger partial charge >= 0.3 is 0 Å². The van der Waals surface area contributed by atoms with Gasteiger partial charge in [0.05, 0.1) is 0 Å². The minimum absolute atomic E-state index is 0.215. The lowest BCUT2D eigenvalue weighted by Gasteiger charge is -2.60. The fourth-order valence-electron chi connectivity index (χ4n) is 5.10. The molecule has 0 aromatic heterocycles. The normalized spacial score (nSPS) is 34.2. The summed E-state index contributed by atoms with van der Waals surface area (Å²) in [7, 11) is 0. The molecule has 1 saturated carbocycles. The molecule has 23 heavy (non-hydrogen) atoms. The van der Waals surface area contributed by atoms with Gasteiger partial charge in [-0.25, -0.2) is 0 Å². The maximum absolute atomic E-state index is 12.8. The molecule has 124 valence electrons. The third kappa shape index (κ3) is 2.91. The standard InChI is InChI=1S/C20H28N2O/c23-18(17-8-4-3-5-9-17)22-14-12-19-10-6-1-2-7-11-20(16-19,21-19)13-15-22/h3-5,8-9,21H,1-2,6-7,10-16H2. The summed E-state index contributed by atoms with van der Waals surface area (Å²) in [6.07, 6.45) is 11.6. The van der Waals surface area contributed by atoms with Crippen LogP contribution in [0.3, 0.4) is 0 Å². The number of carbonyl (C=O) groups is 1. The summed E-state index contributed by atoms with van der Waals surface area (Å²) in [5.74, 6) is 0.215. The summed E-state index contributed by atoms with van der Waals surface area (Å²) in [6.45, 7) is 1.80. The Bertz CT molecular complexity index is 538. The summed E-state index contributed by atoms with van der Waals surface area (Å²) in [6, 6.07) is 9.78. The van der Waals surface area contributed by atoms with E-state index in [0.717, 1.165) is 31.5 Å². The molecular formula is C20H28N2O. The van der Waals surface area contributed by atoms with Gasteiger partial charge in [0.25, 0.3) is 5.91 Å². The van der Waals surface area contributed by atoms with Crippen LogP contribution in [0.25, 0.3) is 0 Å². The molecule has 3 heteroatoms. The lowest BCUT2D eigenvalue weighted by molar-refractivity contribution is -0.0128. The minimum atomic E-state index is 0.215. The molecule has 5 rings (SSSR count). The molecule has 1 amide bonds. The first-order valence-corrected chi connectivity index (χ1v) is 9.34. The Kier molecular flexibility index (Phi) is 3.92. The van der Waals surface area contributed by atoms with Crippen molar-refractivity contribution in [2.75, 3.05) is 13.1 Å². The molecular weight excluding hydrogens is 284 g/mol. The second-order valence-electron chi connectivity index (χ2n) is 7.93. The minimum Gasteiger partial charge on any atom is -0.339 e. The molecule has 3 nitrogen and oxygen atoms in total. The van der Waals surface area contributed by atoms with Crippen molar-refractivity contribution in [1.29, 1.82) is 0 Å². The summed E-state index contributed by atoms with van der Waals surface area (Å²) in [5, 5.41) is 4.01. The molecule has 0 radical (unpaired) electrons. The average molecular weight is 312 g/mol. The van der Waals surface area contributed by atoms with E-state index < -0.39 is 0 Å². The van der Waals surface area contributed by atoms with Crippen LogP contribution in [0.15, 0.2) is 30.3 Å². The van der Waals surface area contributed by atoms with E-state index in [1.54, 1.807) is 0 Å². The van der Waals surface area contributed by atoms with Crippen molar-refractivity contribution in [2.24, 2.45) is 0 Å². The Labute approximate surface area is 139 Å². The third-order valence-electron chi connectivity index (χ3n) is 6.30. The van der Waals surface area contributed by atoms with Crippen molar-refractivity contribution in [1.82, 2.24) is 10.2 Å². The van der Waals surface area contributed by atoms with E-state index in [2.05, 4.69) is 10.2 Å². The zero-order valence-electron chi connectivity index (χ0n) is 14.0. The largest absolute Gasteiger partial charge is 0.339 e. The van der Waals surface area contributed by atoms with Crippen LogP contribution in [-0.4, -0.2) is 35.0 Å². The number of hydrogen-bond acceptors (Lipinski definition) is 2. The van der Waals surface area contributed by atoms with Crippen LogP contribution in [0.2, 0.25) is 0 Å². The molecule has 1 aromatic rings. The van der Waals surface area contributed by atoms with Crippen molar-refractivity contribution < 1.29 is 4.79 Å². The Morgan fingerprint density at radius 3 is 2.00 bits per heavy atom. The van der Waals surface area contributed by atoms with Gasteiger partial charge in [0.1, 0.15) is 0 Å². The highest BCUT2D eigenvalue weighted by Gasteiger charge is 2.53. The first-order valence-electron chi connectivity index (χ1n) is 9.34. The molecule has 3 aliphatic heterocycles. The quantitative estimate of drug-likeness (QED) is 0.856. The van der Waals surface area contributed by atoms with E-state index in [9.17, 15) is 4.79 Å². The van der Waals surface area contributed by atoms with Crippen molar-refractivity contribution >= 4 is 5.91 Å². The van der Waals surface area contributed by atoms with Crippen LogP contribution < -0.4 is 5.32 Å². The fraction of sp³-hybridized carbons (Fsp3) is 0.650. The van der Waals surface area contributed by atoms with Crippen LogP contribution in [0, 0.1) is 0 Å². The van der Waals surface area contributed by atoms with Gasteiger partial charge < -0.3 is 10.2 Å². The van der Waals surface area contributed by atoms with Gasteiger partial charge in [-0.15, -0.1) is 0 Å². The molecule has 4 fully saturated rings. The zero-order valence-corrected chi connectivity index (χ0v) is 14.0. The highest BCUT2D eigenvalue weighted by atomic mass is 16.2. The van der Waals surface area contributed by atoms with Crippen molar-refractivity contribution in [3.8, 4) is 0 Å². The van der Waals surface area contributed by atoms with Crippen LogP contribution >= 0.6 is 0 Å². The Morgan fingerprint density at radius 2 is 1.43 bits per heavy atom. The van der Waals surface area contributed by atoms with Gasteiger partial charge in [-0.2, -0.15) is 0 Å². The molecule has 1 N–H and O–H groups in total.